The number of halogens is 1. The summed E-state index contributed by atoms with van der Waals surface area (Å²) in [4.78, 5) is 5.26. The van der Waals surface area contributed by atoms with Gasteiger partial charge in [0.05, 0.1) is 15.2 Å². The first kappa shape index (κ1) is 14.0. The predicted molar refractivity (Wildman–Crippen MR) is 84.7 cm³/mol. The van der Waals surface area contributed by atoms with Crippen molar-refractivity contribution in [3.05, 3.63) is 29.3 Å². The Hall–Kier alpha value is -0.410. The van der Waals surface area contributed by atoms with Crippen molar-refractivity contribution in [2.45, 2.75) is 44.9 Å². The summed E-state index contributed by atoms with van der Waals surface area (Å²) in [5, 5.41) is 1.27. The van der Waals surface area contributed by atoms with Gasteiger partial charge >= 0.3 is 0 Å². The van der Waals surface area contributed by atoms with Crippen molar-refractivity contribution in [2.24, 2.45) is 5.41 Å². The van der Waals surface area contributed by atoms with E-state index in [0.29, 0.717) is 10.2 Å². The Morgan fingerprint density at radius 1 is 1.28 bits per heavy atom. The van der Waals surface area contributed by atoms with Crippen LogP contribution in [0.1, 0.15) is 38.6 Å². The quantitative estimate of drug-likeness (QED) is 0.683. The molecule has 98 valence electrons. The molecular formula is C15H20BrNS. The third-order valence-electron chi connectivity index (χ3n) is 3.13. The van der Waals surface area contributed by atoms with Gasteiger partial charge in [0, 0.05) is 4.83 Å². The van der Waals surface area contributed by atoms with Gasteiger partial charge in [-0.25, -0.2) is 4.98 Å². The fraction of sp³-hybridized carbons (Fsp3) is 0.533. The Balaban J connectivity index is 1.91. The van der Waals surface area contributed by atoms with E-state index in [9.17, 15) is 0 Å². The molecule has 2 aromatic rings. The number of hydrogen-bond donors (Lipinski definition) is 0. The highest BCUT2D eigenvalue weighted by Gasteiger charge is 2.21. The molecular weight excluding hydrogens is 306 g/mol. The second-order valence-corrected chi connectivity index (χ2v) is 8.02. The van der Waals surface area contributed by atoms with E-state index in [1.54, 1.807) is 0 Å². The van der Waals surface area contributed by atoms with Crippen LogP contribution in [0.15, 0.2) is 24.3 Å². The number of aromatic nitrogens is 1. The number of aryl methyl sites for hydroxylation is 1. The van der Waals surface area contributed by atoms with Crippen LogP contribution in [0.2, 0.25) is 0 Å². The molecule has 3 heteroatoms. The van der Waals surface area contributed by atoms with Crippen LogP contribution in [0.25, 0.3) is 10.2 Å². The minimum absolute atomic E-state index is 0.341. The Morgan fingerprint density at radius 2 is 2.00 bits per heavy atom. The molecule has 1 unspecified atom stereocenters. The van der Waals surface area contributed by atoms with Gasteiger partial charge in [-0.2, -0.15) is 0 Å². The maximum atomic E-state index is 4.67. The minimum Gasteiger partial charge on any atom is -0.241 e. The van der Waals surface area contributed by atoms with E-state index >= 15 is 0 Å². The second kappa shape index (κ2) is 5.70. The molecule has 1 atom stereocenters. The summed E-state index contributed by atoms with van der Waals surface area (Å²) < 4.78 is 1.30. The zero-order chi connectivity index (χ0) is 13.2. The lowest BCUT2D eigenvalue weighted by Gasteiger charge is -2.25. The van der Waals surface area contributed by atoms with Crippen molar-refractivity contribution in [1.82, 2.24) is 4.98 Å². The molecule has 0 fully saturated rings. The number of rotatable bonds is 4. The standard InChI is InChI=1S/C15H20BrNS/c1-15(2,3)13(16)9-6-10-14-17-11-7-4-5-8-12(11)18-14/h4-5,7-8,13H,6,9-10H2,1-3H3. The molecule has 0 aliphatic carbocycles. The van der Waals surface area contributed by atoms with E-state index in [1.807, 2.05) is 11.3 Å². The number of para-hydroxylation sites is 1. The van der Waals surface area contributed by atoms with Crippen LogP contribution in [0.3, 0.4) is 0 Å². The number of alkyl halides is 1. The van der Waals surface area contributed by atoms with E-state index in [-0.39, 0.29) is 0 Å². The van der Waals surface area contributed by atoms with Crippen LogP contribution in [-0.4, -0.2) is 9.81 Å². The number of nitrogens with zero attached hydrogens (tertiary/aromatic N) is 1. The lowest BCUT2D eigenvalue weighted by atomic mass is 9.89. The Bertz CT molecular complexity index is 479. The molecule has 1 aromatic carbocycles. The van der Waals surface area contributed by atoms with Gasteiger partial charge in [0.25, 0.3) is 0 Å². The molecule has 2 rings (SSSR count). The fourth-order valence-corrected chi connectivity index (χ4v) is 3.23. The molecule has 0 aliphatic rings. The van der Waals surface area contributed by atoms with Crippen molar-refractivity contribution >= 4 is 37.5 Å². The smallest absolute Gasteiger partial charge is 0.0938 e. The average molecular weight is 326 g/mol. The topological polar surface area (TPSA) is 12.9 Å². The van der Waals surface area contributed by atoms with E-state index in [1.165, 1.54) is 22.5 Å². The van der Waals surface area contributed by atoms with Gasteiger partial charge in [-0.1, -0.05) is 48.8 Å². The highest BCUT2D eigenvalue weighted by Crippen LogP contribution is 2.30. The van der Waals surface area contributed by atoms with Crippen LogP contribution >= 0.6 is 27.3 Å². The van der Waals surface area contributed by atoms with Gasteiger partial charge in [0.15, 0.2) is 0 Å². The first-order valence-electron chi connectivity index (χ1n) is 6.45. The fourth-order valence-electron chi connectivity index (χ4n) is 1.89. The molecule has 1 aromatic heterocycles. The lowest BCUT2D eigenvalue weighted by Crippen LogP contribution is -2.20. The first-order valence-corrected chi connectivity index (χ1v) is 8.18. The Morgan fingerprint density at radius 3 is 2.67 bits per heavy atom. The zero-order valence-corrected chi connectivity index (χ0v) is 13.6. The third-order valence-corrected chi connectivity index (χ3v) is 6.05. The van der Waals surface area contributed by atoms with Crippen molar-refractivity contribution < 1.29 is 0 Å². The van der Waals surface area contributed by atoms with Gasteiger partial charge in [-0.15, -0.1) is 11.3 Å². The van der Waals surface area contributed by atoms with Gasteiger partial charge in [-0.05, 0) is 36.8 Å². The van der Waals surface area contributed by atoms with Crippen LogP contribution < -0.4 is 0 Å². The van der Waals surface area contributed by atoms with Crippen molar-refractivity contribution in [3.63, 3.8) is 0 Å². The molecule has 0 saturated carbocycles. The van der Waals surface area contributed by atoms with E-state index in [2.05, 4.69) is 66.0 Å². The highest BCUT2D eigenvalue weighted by molar-refractivity contribution is 9.09. The maximum Gasteiger partial charge on any atom is 0.0938 e. The minimum atomic E-state index is 0.341. The van der Waals surface area contributed by atoms with Gasteiger partial charge < -0.3 is 0 Å². The van der Waals surface area contributed by atoms with Crippen LogP contribution in [0.5, 0.6) is 0 Å². The summed E-state index contributed by atoms with van der Waals surface area (Å²) in [6.45, 7) is 6.85. The number of hydrogen-bond acceptors (Lipinski definition) is 2. The van der Waals surface area contributed by atoms with Gasteiger partial charge in [0.1, 0.15) is 0 Å². The molecule has 0 bridgehead atoms. The average Bonchev–Trinajstić information content (AvgIpc) is 2.70. The van der Waals surface area contributed by atoms with E-state index in [4.69, 9.17) is 0 Å². The summed E-state index contributed by atoms with van der Waals surface area (Å²) in [6.07, 6.45) is 3.50. The van der Waals surface area contributed by atoms with E-state index in [0.717, 1.165) is 11.9 Å². The molecule has 0 amide bonds. The summed E-state index contributed by atoms with van der Waals surface area (Å²) in [5.74, 6) is 0. The normalized spacial score (nSPS) is 14.0. The Labute approximate surface area is 122 Å². The predicted octanol–water partition coefficient (Wildman–Crippen LogP) is 5.43. The second-order valence-electron chi connectivity index (χ2n) is 5.80. The molecule has 1 heterocycles. The number of fused-ring (bicyclic) bond motifs is 1. The summed E-state index contributed by atoms with van der Waals surface area (Å²) in [6, 6.07) is 8.38. The lowest BCUT2D eigenvalue weighted by molar-refractivity contribution is 0.380. The van der Waals surface area contributed by atoms with Crippen molar-refractivity contribution in [1.29, 1.82) is 0 Å². The zero-order valence-electron chi connectivity index (χ0n) is 11.2. The highest BCUT2D eigenvalue weighted by atomic mass is 79.9. The summed E-state index contributed by atoms with van der Waals surface area (Å²) in [7, 11) is 0. The maximum absolute atomic E-state index is 4.67. The molecule has 18 heavy (non-hydrogen) atoms. The molecule has 1 nitrogen and oxygen atoms in total. The van der Waals surface area contributed by atoms with Crippen LogP contribution in [0.4, 0.5) is 0 Å². The summed E-state index contributed by atoms with van der Waals surface area (Å²) in [5.41, 5.74) is 1.48. The molecule has 0 spiro atoms. The van der Waals surface area contributed by atoms with Crippen LogP contribution in [-0.2, 0) is 6.42 Å². The Kier molecular flexibility index (Phi) is 4.44. The third kappa shape index (κ3) is 3.55. The summed E-state index contributed by atoms with van der Waals surface area (Å²) >= 11 is 5.62. The molecule has 0 N–H and O–H groups in total. The van der Waals surface area contributed by atoms with Crippen molar-refractivity contribution in [2.75, 3.05) is 0 Å². The molecule has 0 aliphatic heterocycles. The SMILES string of the molecule is CC(C)(C)C(Br)CCCc1nc2ccccc2s1. The van der Waals surface area contributed by atoms with Gasteiger partial charge in [-0.3, -0.25) is 0 Å². The van der Waals surface area contributed by atoms with Crippen molar-refractivity contribution in [3.8, 4) is 0 Å². The largest absolute Gasteiger partial charge is 0.241 e. The first-order chi connectivity index (χ1) is 8.47. The van der Waals surface area contributed by atoms with E-state index < -0.39 is 0 Å². The molecule has 0 radical (unpaired) electrons. The number of thiazole rings is 1. The van der Waals surface area contributed by atoms with Gasteiger partial charge in [0.2, 0.25) is 0 Å². The number of benzene rings is 1. The molecule has 0 saturated heterocycles. The monoisotopic (exact) mass is 325 g/mol. The van der Waals surface area contributed by atoms with Crippen LogP contribution in [0, 0.1) is 5.41 Å².